The highest BCUT2D eigenvalue weighted by Gasteiger charge is 2.60. The van der Waals surface area contributed by atoms with E-state index in [0.29, 0.717) is 17.7 Å². The fraction of sp³-hybridized carbons (Fsp3) is 0.438. The quantitative estimate of drug-likeness (QED) is 0.238. The van der Waals surface area contributed by atoms with Crippen LogP contribution in [0.2, 0.25) is 0 Å². The maximum absolute atomic E-state index is 12.7. The monoisotopic (exact) mass is 393 g/mol. The second-order valence-corrected chi connectivity index (χ2v) is 8.68. The molecule has 0 aliphatic carbocycles. The molecule has 136 valence electrons. The predicted molar refractivity (Wildman–Crippen MR) is 96.0 cm³/mol. The summed E-state index contributed by atoms with van der Waals surface area (Å²) in [4.78, 5) is 36.3. The highest BCUT2D eigenvalue weighted by Crippen LogP contribution is 2.52. The average Bonchev–Trinajstić information content (AvgIpc) is 2.86. The van der Waals surface area contributed by atoms with Gasteiger partial charge < -0.3 is 9.64 Å². The van der Waals surface area contributed by atoms with Crippen molar-refractivity contribution < 1.29 is 19.2 Å². The molecule has 1 aromatic carbocycles. The SMILES string of the molecule is C[C@@]1(CSC#N)S[C@H]2CC(=O)N2[C@H]1C(=O)OCc1ccc([N+](=O)[O-])cc1. The lowest BCUT2D eigenvalue weighted by Crippen LogP contribution is -2.58. The first-order valence-corrected chi connectivity index (χ1v) is 9.62. The Kier molecular flexibility index (Phi) is 5.11. The number of fused-ring (bicyclic) bond motifs is 1. The number of carbonyl (C=O) groups excluding carboxylic acids is 2. The van der Waals surface area contributed by atoms with Gasteiger partial charge in [0.05, 0.1) is 21.5 Å². The zero-order valence-corrected chi connectivity index (χ0v) is 15.4. The molecule has 0 spiro atoms. The van der Waals surface area contributed by atoms with Crippen LogP contribution in [0.25, 0.3) is 0 Å². The van der Waals surface area contributed by atoms with Crippen LogP contribution in [0.4, 0.5) is 5.69 Å². The van der Waals surface area contributed by atoms with Gasteiger partial charge in [0.1, 0.15) is 18.0 Å². The maximum atomic E-state index is 12.7. The van der Waals surface area contributed by atoms with Crippen molar-refractivity contribution in [1.29, 1.82) is 5.26 Å². The summed E-state index contributed by atoms with van der Waals surface area (Å²) in [5, 5.41) is 21.5. The lowest BCUT2D eigenvalue weighted by Gasteiger charge is -2.37. The summed E-state index contributed by atoms with van der Waals surface area (Å²) >= 11 is 2.58. The molecule has 0 aromatic heterocycles. The summed E-state index contributed by atoms with van der Waals surface area (Å²) in [6, 6.07) is 5.00. The number of hydrogen-bond donors (Lipinski definition) is 0. The lowest BCUT2D eigenvalue weighted by atomic mass is 9.98. The van der Waals surface area contributed by atoms with E-state index >= 15 is 0 Å². The van der Waals surface area contributed by atoms with Crippen molar-refractivity contribution >= 4 is 41.1 Å². The molecule has 1 amide bonds. The molecule has 0 N–H and O–H groups in total. The number of carbonyl (C=O) groups is 2. The highest BCUT2D eigenvalue weighted by atomic mass is 32.2. The first kappa shape index (κ1) is 18.5. The van der Waals surface area contributed by atoms with Gasteiger partial charge in [-0.3, -0.25) is 14.9 Å². The fourth-order valence-corrected chi connectivity index (χ4v) is 5.58. The van der Waals surface area contributed by atoms with Gasteiger partial charge in [-0.05, 0) is 36.4 Å². The van der Waals surface area contributed by atoms with Crippen LogP contribution in [0, 0.1) is 20.8 Å². The number of nitriles is 1. The molecule has 2 heterocycles. The van der Waals surface area contributed by atoms with Crippen molar-refractivity contribution in [3.05, 3.63) is 39.9 Å². The lowest BCUT2D eigenvalue weighted by molar-refractivity contribution is -0.384. The molecule has 3 rings (SSSR count). The number of ether oxygens (including phenoxy) is 1. The Labute approximate surface area is 158 Å². The molecule has 26 heavy (non-hydrogen) atoms. The maximum Gasteiger partial charge on any atom is 0.330 e. The molecule has 0 saturated carbocycles. The zero-order valence-electron chi connectivity index (χ0n) is 13.8. The molecule has 8 nitrogen and oxygen atoms in total. The Morgan fingerprint density at radius 2 is 2.23 bits per heavy atom. The number of amides is 1. The third-order valence-electron chi connectivity index (χ3n) is 4.38. The zero-order chi connectivity index (χ0) is 18.9. The van der Waals surface area contributed by atoms with E-state index in [1.54, 1.807) is 4.90 Å². The van der Waals surface area contributed by atoms with Crippen molar-refractivity contribution in [1.82, 2.24) is 4.90 Å². The van der Waals surface area contributed by atoms with Crippen LogP contribution >= 0.6 is 23.5 Å². The highest BCUT2D eigenvalue weighted by molar-refractivity contribution is 8.06. The normalized spacial score (nSPS) is 26.6. The molecule has 2 fully saturated rings. The summed E-state index contributed by atoms with van der Waals surface area (Å²) in [6.07, 6.45) is 0.392. The van der Waals surface area contributed by atoms with E-state index in [9.17, 15) is 19.7 Å². The van der Waals surface area contributed by atoms with Crippen LogP contribution in [0.1, 0.15) is 18.9 Å². The largest absolute Gasteiger partial charge is 0.459 e. The number of nitrogens with zero attached hydrogens (tertiary/aromatic N) is 3. The minimum Gasteiger partial charge on any atom is -0.459 e. The number of benzene rings is 1. The molecule has 1 aromatic rings. The van der Waals surface area contributed by atoms with Gasteiger partial charge in [-0.2, -0.15) is 5.26 Å². The number of nitro benzene ring substituents is 1. The Bertz CT molecular complexity index is 794. The van der Waals surface area contributed by atoms with E-state index in [4.69, 9.17) is 10.00 Å². The smallest absolute Gasteiger partial charge is 0.330 e. The van der Waals surface area contributed by atoms with E-state index in [0.717, 1.165) is 11.8 Å². The van der Waals surface area contributed by atoms with E-state index < -0.39 is 21.7 Å². The van der Waals surface area contributed by atoms with Gasteiger partial charge in [-0.25, -0.2) is 4.79 Å². The van der Waals surface area contributed by atoms with Crippen LogP contribution in [0.5, 0.6) is 0 Å². The number of nitro groups is 1. The molecule has 2 aliphatic rings. The number of non-ortho nitro benzene ring substituents is 1. The second kappa shape index (κ2) is 7.17. The third-order valence-corrected chi connectivity index (χ3v) is 7.01. The molecule has 2 aliphatic heterocycles. The fourth-order valence-electron chi connectivity index (χ4n) is 3.08. The van der Waals surface area contributed by atoms with Gasteiger partial charge in [-0.15, -0.1) is 11.8 Å². The van der Waals surface area contributed by atoms with E-state index in [1.807, 2.05) is 12.3 Å². The molecule has 2 saturated heterocycles. The Morgan fingerprint density at radius 1 is 1.54 bits per heavy atom. The third kappa shape index (κ3) is 3.37. The molecular formula is C16H15N3O5S2. The van der Waals surface area contributed by atoms with E-state index in [-0.39, 0.29) is 23.6 Å². The molecular weight excluding hydrogens is 378 g/mol. The summed E-state index contributed by atoms with van der Waals surface area (Å²) in [5.74, 6) is -0.205. The minimum atomic E-state index is -0.738. The van der Waals surface area contributed by atoms with Gasteiger partial charge in [-0.1, -0.05) is 0 Å². The standard InChI is InChI=1S/C16H15N3O5S2/c1-16(8-25-9-17)14(18-12(20)6-13(18)26-16)15(21)24-7-10-2-4-11(5-3-10)19(22)23/h2-5,13-14H,6-8H2,1H3/t13-,14-,16-/m0/s1. The van der Waals surface area contributed by atoms with E-state index in [2.05, 4.69) is 0 Å². The van der Waals surface area contributed by atoms with Crippen molar-refractivity contribution in [2.75, 3.05) is 5.75 Å². The first-order valence-electron chi connectivity index (χ1n) is 7.75. The summed E-state index contributed by atoms with van der Waals surface area (Å²) < 4.78 is 4.79. The van der Waals surface area contributed by atoms with Crippen molar-refractivity contribution in [3.63, 3.8) is 0 Å². The van der Waals surface area contributed by atoms with Crippen molar-refractivity contribution in [2.24, 2.45) is 0 Å². The van der Waals surface area contributed by atoms with Gasteiger partial charge in [0.15, 0.2) is 0 Å². The van der Waals surface area contributed by atoms with Crippen molar-refractivity contribution in [2.45, 2.75) is 36.1 Å². The predicted octanol–water partition coefficient (Wildman–Crippen LogP) is 2.28. The number of esters is 1. The molecule has 0 unspecified atom stereocenters. The topological polar surface area (TPSA) is 114 Å². The van der Waals surface area contributed by atoms with E-state index in [1.165, 1.54) is 36.0 Å². The van der Waals surface area contributed by atoms with Crippen LogP contribution in [0.3, 0.4) is 0 Å². The Balaban J connectivity index is 1.69. The molecule has 3 atom stereocenters. The first-order chi connectivity index (χ1) is 12.4. The molecule has 0 bridgehead atoms. The van der Waals surface area contributed by atoms with Gasteiger partial charge in [0.2, 0.25) is 5.91 Å². The number of thioether (sulfide) groups is 2. The van der Waals surface area contributed by atoms with Gasteiger partial charge in [0.25, 0.3) is 5.69 Å². The minimum absolute atomic E-state index is 0.0356. The summed E-state index contributed by atoms with van der Waals surface area (Å²) in [6.45, 7) is 1.83. The Hall–Kier alpha value is -2.25. The second-order valence-electron chi connectivity index (χ2n) is 6.20. The van der Waals surface area contributed by atoms with Crippen LogP contribution in [0.15, 0.2) is 24.3 Å². The van der Waals surface area contributed by atoms with Gasteiger partial charge in [0, 0.05) is 17.9 Å². The summed E-state index contributed by atoms with van der Waals surface area (Å²) in [5.41, 5.74) is 0.580. The van der Waals surface area contributed by atoms with Crippen LogP contribution in [-0.2, 0) is 20.9 Å². The Morgan fingerprint density at radius 3 is 2.81 bits per heavy atom. The number of β-lactam (4-membered cyclic amide) rings is 1. The summed E-state index contributed by atoms with van der Waals surface area (Å²) in [7, 11) is 0. The molecule has 10 heteroatoms. The number of hydrogen-bond acceptors (Lipinski definition) is 8. The van der Waals surface area contributed by atoms with Crippen molar-refractivity contribution in [3.8, 4) is 5.40 Å². The average molecular weight is 393 g/mol. The van der Waals surface area contributed by atoms with Crippen LogP contribution < -0.4 is 0 Å². The molecule has 0 radical (unpaired) electrons. The van der Waals surface area contributed by atoms with Gasteiger partial charge >= 0.3 is 5.97 Å². The number of rotatable bonds is 6. The number of thiocyanates is 1. The van der Waals surface area contributed by atoms with Crippen LogP contribution in [-0.4, -0.2) is 43.6 Å².